The maximum absolute atomic E-state index is 11.7. The summed E-state index contributed by atoms with van der Waals surface area (Å²) in [7, 11) is 0. The zero-order valence-electron chi connectivity index (χ0n) is 10.9. The Morgan fingerprint density at radius 3 is 2.72 bits per heavy atom. The third-order valence-corrected chi connectivity index (χ3v) is 3.07. The number of ether oxygens (including phenoxy) is 1. The topological polar surface area (TPSA) is 47.4 Å². The number of halogens is 1. The van der Waals surface area contributed by atoms with Gasteiger partial charge in [0.05, 0.1) is 10.7 Å². The number of likely N-dealkylation sites (tertiary alicyclic amines) is 1. The van der Waals surface area contributed by atoms with Crippen LogP contribution in [-0.2, 0) is 11.3 Å². The molecule has 5 nitrogen and oxygen atoms in total. The van der Waals surface area contributed by atoms with Crippen LogP contribution in [0.25, 0.3) is 0 Å². The highest BCUT2D eigenvalue weighted by molar-refractivity contribution is 9.10. The number of nitrogens with zero attached hydrogens (tertiary/aromatic N) is 3. The van der Waals surface area contributed by atoms with Gasteiger partial charge in [-0.2, -0.15) is 5.10 Å². The maximum Gasteiger partial charge on any atom is 0.410 e. The molecular weight excluding hydrogens is 298 g/mol. The van der Waals surface area contributed by atoms with Crippen LogP contribution >= 0.6 is 15.9 Å². The third-order valence-electron chi connectivity index (χ3n) is 2.66. The average molecular weight is 316 g/mol. The van der Waals surface area contributed by atoms with E-state index in [1.54, 1.807) is 11.1 Å². The van der Waals surface area contributed by atoms with Gasteiger partial charge in [0, 0.05) is 31.7 Å². The minimum atomic E-state index is -0.422. The van der Waals surface area contributed by atoms with Crippen LogP contribution < -0.4 is 0 Å². The van der Waals surface area contributed by atoms with Gasteiger partial charge in [0.25, 0.3) is 0 Å². The molecule has 0 atom stereocenters. The molecule has 1 aromatic rings. The second kappa shape index (κ2) is 4.91. The summed E-state index contributed by atoms with van der Waals surface area (Å²) >= 11 is 3.36. The smallest absolute Gasteiger partial charge is 0.410 e. The predicted octanol–water partition coefficient (Wildman–Crippen LogP) is 2.51. The molecule has 0 N–H and O–H groups in total. The van der Waals surface area contributed by atoms with Crippen LogP contribution in [0.5, 0.6) is 0 Å². The van der Waals surface area contributed by atoms with E-state index in [9.17, 15) is 4.79 Å². The van der Waals surface area contributed by atoms with Crippen LogP contribution in [0.2, 0.25) is 0 Å². The molecule has 0 aliphatic carbocycles. The molecule has 0 unspecified atom stereocenters. The number of amides is 1. The molecule has 0 radical (unpaired) electrons. The zero-order valence-corrected chi connectivity index (χ0v) is 12.5. The lowest BCUT2D eigenvalue weighted by molar-refractivity contribution is -0.00383. The fraction of sp³-hybridized carbons (Fsp3) is 0.667. The molecule has 0 saturated carbocycles. The highest BCUT2D eigenvalue weighted by Crippen LogP contribution is 2.21. The van der Waals surface area contributed by atoms with Crippen LogP contribution in [0.1, 0.15) is 20.8 Å². The lowest BCUT2D eigenvalue weighted by Gasteiger charge is -2.39. The summed E-state index contributed by atoms with van der Waals surface area (Å²) in [6, 6.07) is 0. The summed E-state index contributed by atoms with van der Waals surface area (Å²) in [5.74, 6) is 0.462. The van der Waals surface area contributed by atoms with Gasteiger partial charge in [0.15, 0.2) is 0 Å². The van der Waals surface area contributed by atoms with Crippen LogP contribution in [0, 0.1) is 5.92 Å². The molecule has 0 spiro atoms. The zero-order chi connectivity index (χ0) is 13.3. The van der Waals surface area contributed by atoms with Crippen molar-refractivity contribution in [3.05, 3.63) is 16.9 Å². The van der Waals surface area contributed by atoms with Crippen molar-refractivity contribution in [1.82, 2.24) is 14.7 Å². The molecule has 2 rings (SSSR count). The molecule has 1 fully saturated rings. The summed E-state index contributed by atoms with van der Waals surface area (Å²) in [6.07, 6.45) is 3.49. The van der Waals surface area contributed by atoms with Crippen LogP contribution in [0.3, 0.4) is 0 Å². The predicted molar refractivity (Wildman–Crippen MR) is 71.2 cm³/mol. The van der Waals surface area contributed by atoms with Crippen LogP contribution in [0.4, 0.5) is 4.79 Å². The number of hydrogen-bond donors (Lipinski definition) is 0. The minimum Gasteiger partial charge on any atom is -0.444 e. The lowest BCUT2D eigenvalue weighted by atomic mass is 10.0. The molecule has 2 heterocycles. The van der Waals surface area contributed by atoms with E-state index in [4.69, 9.17) is 4.74 Å². The van der Waals surface area contributed by atoms with Crippen molar-refractivity contribution in [2.75, 3.05) is 13.1 Å². The molecule has 1 saturated heterocycles. The largest absolute Gasteiger partial charge is 0.444 e. The van der Waals surface area contributed by atoms with Gasteiger partial charge in [0.1, 0.15) is 5.60 Å². The Morgan fingerprint density at radius 2 is 2.22 bits per heavy atom. The van der Waals surface area contributed by atoms with Crippen molar-refractivity contribution in [2.24, 2.45) is 5.92 Å². The van der Waals surface area contributed by atoms with Crippen molar-refractivity contribution in [1.29, 1.82) is 0 Å². The Balaban J connectivity index is 1.75. The lowest BCUT2D eigenvalue weighted by Crippen LogP contribution is -2.52. The molecule has 100 valence electrons. The van der Waals surface area contributed by atoms with Gasteiger partial charge in [-0.15, -0.1) is 0 Å². The molecule has 1 aliphatic rings. The number of aromatic nitrogens is 2. The van der Waals surface area contributed by atoms with Gasteiger partial charge >= 0.3 is 6.09 Å². The van der Waals surface area contributed by atoms with Crippen LogP contribution in [-0.4, -0.2) is 39.5 Å². The Hall–Kier alpha value is -1.04. The number of carbonyl (C=O) groups excluding carboxylic acids is 1. The molecule has 18 heavy (non-hydrogen) atoms. The molecular formula is C12H18BrN3O2. The Kier molecular flexibility index (Phi) is 3.66. The third kappa shape index (κ3) is 3.48. The van der Waals surface area contributed by atoms with E-state index in [-0.39, 0.29) is 6.09 Å². The monoisotopic (exact) mass is 315 g/mol. The normalized spacial score (nSPS) is 16.6. The Labute approximate surface area is 115 Å². The second-order valence-electron chi connectivity index (χ2n) is 5.63. The van der Waals surface area contributed by atoms with Crippen molar-refractivity contribution >= 4 is 22.0 Å². The standard InChI is InChI=1S/C12H18BrN3O2/c1-12(2,3)18-11(17)15-5-9(6-15)7-16-8-10(13)4-14-16/h4,8-9H,5-7H2,1-3H3. The van der Waals surface area contributed by atoms with Gasteiger partial charge in [0.2, 0.25) is 0 Å². The van der Waals surface area contributed by atoms with Crippen molar-refractivity contribution in [2.45, 2.75) is 32.9 Å². The highest BCUT2D eigenvalue weighted by atomic mass is 79.9. The Bertz CT molecular complexity index is 433. The van der Waals surface area contributed by atoms with E-state index >= 15 is 0 Å². The van der Waals surface area contributed by atoms with Crippen molar-refractivity contribution in [3.8, 4) is 0 Å². The molecule has 0 bridgehead atoms. The highest BCUT2D eigenvalue weighted by Gasteiger charge is 2.33. The van der Waals surface area contributed by atoms with E-state index in [2.05, 4.69) is 21.0 Å². The number of carbonyl (C=O) groups is 1. The molecule has 6 heteroatoms. The molecule has 0 aromatic carbocycles. The molecule has 1 amide bonds. The second-order valence-corrected chi connectivity index (χ2v) is 6.55. The number of rotatable bonds is 2. The van der Waals surface area contributed by atoms with Gasteiger partial charge in [-0.25, -0.2) is 4.79 Å². The molecule has 1 aromatic heterocycles. The van der Waals surface area contributed by atoms with E-state index in [1.807, 2.05) is 31.6 Å². The summed E-state index contributed by atoms with van der Waals surface area (Å²) in [5.41, 5.74) is -0.422. The van der Waals surface area contributed by atoms with E-state index in [0.717, 1.165) is 24.1 Å². The SMILES string of the molecule is CC(C)(C)OC(=O)N1CC(Cn2cc(Br)cn2)C1. The van der Waals surface area contributed by atoms with E-state index in [0.29, 0.717) is 5.92 Å². The van der Waals surface area contributed by atoms with Gasteiger partial charge in [-0.3, -0.25) is 4.68 Å². The summed E-state index contributed by atoms with van der Waals surface area (Å²) in [6.45, 7) is 7.96. The van der Waals surface area contributed by atoms with Crippen LogP contribution in [0.15, 0.2) is 16.9 Å². The average Bonchev–Trinajstić information content (AvgIpc) is 2.53. The maximum atomic E-state index is 11.7. The van der Waals surface area contributed by atoms with Gasteiger partial charge in [-0.1, -0.05) is 0 Å². The first-order valence-corrected chi connectivity index (χ1v) is 6.79. The van der Waals surface area contributed by atoms with E-state index < -0.39 is 5.60 Å². The summed E-state index contributed by atoms with van der Waals surface area (Å²) in [4.78, 5) is 13.4. The first-order chi connectivity index (χ1) is 8.33. The number of hydrogen-bond acceptors (Lipinski definition) is 3. The first-order valence-electron chi connectivity index (χ1n) is 5.99. The van der Waals surface area contributed by atoms with Gasteiger partial charge < -0.3 is 9.64 Å². The van der Waals surface area contributed by atoms with Gasteiger partial charge in [-0.05, 0) is 36.7 Å². The Morgan fingerprint density at radius 1 is 1.56 bits per heavy atom. The fourth-order valence-electron chi connectivity index (χ4n) is 1.86. The minimum absolute atomic E-state index is 0.222. The fourth-order valence-corrected chi connectivity index (χ4v) is 2.19. The van der Waals surface area contributed by atoms with Crippen molar-refractivity contribution in [3.63, 3.8) is 0 Å². The quantitative estimate of drug-likeness (QED) is 0.842. The summed E-state index contributed by atoms with van der Waals surface area (Å²) in [5, 5.41) is 4.20. The first kappa shape index (κ1) is 13.4. The molecule has 1 aliphatic heterocycles. The van der Waals surface area contributed by atoms with E-state index in [1.165, 1.54) is 0 Å². The van der Waals surface area contributed by atoms with Crippen molar-refractivity contribution < 1.29 is 9.53 Å². The summed E-state index contributed by atoms with van der Waals surface area (Å²) < 4.78 is 8.17.